The van der Waals surface area contributed by atoms with E-state index in [0.717, 1.165) is 22.9 Å². The number of piperidine rings is 1. The first-order valence-corrected chi connectivity index (χ1v) is 17.4. The van der Waals surface area contributed by atoms with Crippen LogP contribution in [0.15, 0.2) is 47.8 Å². The summed E-state index contributed by atoms with van der Waals surface area (Å²) in [4.78, 5) is 55.1. The zero-order valence-electron chi connectivity index (χ0n) is 26.2. The monoisotopic (exact) mass is 721 g/mol. The Balaban J connectivity index is 1.36. The summed E-state index contributed by atoms with van der Waals surface area (Å²) in [6.07, 6.45) is 6.66. The van der Waals surface area contributed by atoms with Gasteiger partial charge in [-0.25, -0.2) is 15.0 Å². The third-order valence-corrected chi connectivity index (χ3v) is 9.69. The lowest BCUT2D eigenvalue weighted by Crippen LogP contribution is -2.47. The van der Waals surface area contributed by atoms with Gasteiger partial charge in [0.1, 0.15) is 34.5 Å². The summed E-state index contributed by atoms with van der Waals surface area (Å²) in [6.45, 7) is 8.52. The number of hydrogen-bond acceptors (Lipinski definition) is 10. The molecule has 1 saturated heterocycles. The van der Waals surface area contributed by atoms with Crippen LogP contribution in [0.25, 0.3) is 28.1 Å². The quantitative estimate of drug-likeness (QED) is 0.143. The van der Waals surface area contributed by atoms with Gasteiger partial charge < -0.3 is 10.2 Å². The minimum Gasteiger partial charge on any atom is -0.325 e. The molecule has 1 aliphatic carbocycles. The van der Waals surface area contributed by atoms with Crippen LogP contribution >= 0.6 is 15.9 Å². The summed E-state index contributed by atoms with van der Waals surface area (Å²) < 4.78 is 30.9. The van der Waals surface area contributed by atoms with Gasteiger partial charge in [-0.15, -0.1) is 0 Å². The Bertz CT molecular complexity index is 2080. The Morgan fingerprint density at radius 2 is 1.87 bits per heavy atom. The number of likely N-dealkylation sites (tertiary alicyclic amines) is 1. The minimum absolute atomic E-state index is 0.149. The van der Waals surface area contributed by atoms with Gasteiger partial charge >= 0.3 is 0 Å². The average molecular weight is 723 g/mol. The summed E-state index contributed by atoms with van der Waals surface area (Å²) in [6, 6.07) is 5.88. The van der Waals surface area contributed by atoms with E-state index in [0.29, 0.717) is 39.1 Å². The van der Waals surface area contributed by atoms with Gasteiger partial charge in [-0.1, -0.05) is 18.7 Å². The van der Waals surface area contributed by atoms with Crippen molar-refractivity contribution < 1.29 is 27.0 Å². The van der Waals surface area contributed by atoms with Crippen molar-refractivity contribution in [1.82, 2.24) is 29.6 Å². The topological polar surface area (TPSA) is 166 Å². The van der Waals surface area contributed by atoms with E-state index in [1.54, 1.807) is 44.4 Å². The fourth-order valence-electron chi connectivity index (χ4n) is 6.27. The number of rotatable bonds is 10. The first-order valence-electron chi connectivity index (χ1n) is 14.8. The average Bonchev–Trinajstić information content (AvgIpc) is 3.43. The highest BCUT2D eigenvalue weighted by atomic mass is 79.9. The molecule has 2 aliphatic rings. The zero-order valence-corrected chi connectivity index (χ0v) is 28.6. The zero-order chi connectivity index (χ0) is 33.8. The lowest BCUT2D eigenvalue weighted by atomic mass is 10.00. The number of aryl methyl sites for hydroxylation is 2. The second-order valence-electron chi connectivity index (χ2n) is 12.1. The van der Waals surface area contributed by atoms with Gasteiger partial charge in [0.15, 0.2) is 5.78 Å². The second kappa shape index (κ2) is 12.0. The van der Waals surface area contributed by atoms with Gasteiger partial charge in [-0.2, -0.15) is 13.5 Å². The molecule has 0 bridgehead atoms. The number of hydrogen-bond donors (Lipinski definition) is 1. The number of ketones is 1. The third kappa shape index (κ3) is 6.34. The number of benzene rings is 1. The number of anilines is 1. The van der Waals surface area contributed by atoms with Crippen LogP contribution in [0.5, 0.6) is 0 Å². The van der Waals surface area contributed by atoms with E-state index in [1.807, 2.05) is 12.1 Å². The molecule has 2 amide bonds. The lowest BCUT2D eigenvalue weighted by molar-refractivity contribution is -0.138. The molecule has 15 heteroatoms. The van der Waals surface area contributed by atoms with Crippen LogP contribution in [0, 0.1) is 19.3 Å². The molecule has 1 aromatic carbocycles. The molecule has 244 valence electrons. The van der Waals surface area contributed by atoms with Crippen LogP contribution in [0.3, 0.4) is 0 Å². The standard InChI is InChI=1S/C32H32BrN7O6S/c1-6-20-9-21(22-13-34-19(4)35-14-22)10-23-28(18(3)41)38-39(29(20)23)15-27(42)40-24(11-32(12-25(32)40)16-46-47(5,44)45)31(43)37-30-17(2)7-8-26(33)36-30/h6-10,13-14,24-25H,1,11-12,15-16H2,2-5H3,(H,36,37,43)/t24-,25+,32-/m0/s1. The van der Waals surface area contributed by atoms with Crippen molar-refractivity contribution in [2.24, 2.45) is 5.41 Å². The summed E-state index contributed by atoms with van der Waals surface area (Å²) in [5.41, 5.74) is 2.87. The van der Waals surface area contributed by atoms with E-state index in [9.17, 15) is 22.8 Å². The molecule has 2 fully saturated rings. The second-order valence-corrected chi connectivity index (χ2v) is 14.6. The van der Waals surface area contributed by atoms with Crippen molar-refractivity contribution in [3.05, 3.63) is 70.5 Å². The number of carbonyl (C=O) groups is 3. The van der Waals surface area contributed by atoms with Gasteiger partial charge in [-0.05, 0) is 71.9 Å². The van der Waals surface area contributed by atoms with Crippen molar-refractivity contribution in [2.45, 2.75) is 52.2 Å². The minimum atomic E-state index is -3.75. The van der Waals surface area contributed by atoms with E-state index >= 15 is 0 Å². The van der Waals surface area contributed by atoms with Crippen molar-refractivity contribution in [3.8, 4) is 11.1 Å². The largest absolute Gasteiger partial charge is 0.325 e. The number of pyridine rings is 1. The number of Topliss-reactive ketones (excluding diaryl/α,β-unsaturated/α-hetero) is 1. The highest BCUT2D eigenvalue weighted by molar-refractivity contribution is 9.10. The Morgan fingerprint density at radius 1 is 1.15 bits per heavy atom. The summed E-state index contributed by atoms with van der Waals surface area (Å²) in [7, 11) is -3.75. The van der Waals surface area contributed by atoms with Crippen LogP contribution in [0.4, 0.5) is 5.82 Å². The number of halogens is 1. The summed E-state index contributed by atoms with van der Waals surface area (Å²) in [5, 5.41) is 7.94. The fraction of sp³-hybridized carbons (Fsp3) is 0.344. The van der Waals surface area contributed by atoms with Gasteiger partial charge in [-0.3, -0.25) is 23.2 Å². The van der Waals surface area contributed by atoms with E-state index in [1.165, 1.54) is 16.5 Å². The van der Waals surface area contributed by atoms with Gasteiger partial charge in [0.05, 0.1) is 18.4 Å². The molecule has 0 radical (unpaired) electrons. The first-order chi connectivity index (χ1) is 22.2. The molecule has 13 nitrogen and oxygen atoms in total. The first kappa shape index (κ1) is 32.6. The van der Waals surface area contributed by atoms with Crippen molar-refractivity contribution in [3.63, 3.8) is 0 Å². The maximum atomic E-state index is 14.2. The van der Waals surface area contributed by atoms with Crippen LogP contribution in [0.2, 0.25) is 0 Å². The summed E-state index contributed by atoms with van der Waals surface area (Å²) >= 11 is 3.32. The molecule has 4 heterocycles. The molecule has 3 aromatic heterocycles. The maximum Gasteiger partial charge on any atom is 0.264 e. The molecule has 0 spiro atoms. The highest BCUT2D eigenvalue weighted by Gasteiger charge is 2.67. The Morgan fingerprint density at radius 3 is 2.53 bits per heavy atom. The normalized spacial score (nSPS) is 20.2. The molecule has 1 N–H and O–H groups in total. The van der Waals surface area contributed by atoms with Crippen molar-refractivity contribution in [1.29, 1.82) is 0 Å². The van der Waals surface area contributed by atoms with Gasteiger partial charge in [0, 0.05) is 47.3 Å². The molecule has 4 aromatic rings. The number of aromatic nitrogens is 5. The molecular formula is C32H32BrN7O6S. The molecule has 6 rings (SSSR count). The van der Waals surface area contributed by atoms with Crippen molar-refractivity contribution in [2.75, 3.05) is 18.2 Å². The van der Waals surface area contributed by atoms with E-state index < -0.39 is 39.4 Å². The predicted octanol–water partition coefficient (Wildman–Crippen LogP) is 4.09. The van der Waals surface area contributed by atoms with Crippen LogP contribution in [-0.4, -0.2) is 80.6 Å². The molecular weight excluding hydrogens is 690 g/mol. The number of nitrogens with zero attached hydrogens (tertiary/aromatic N) is 6. The van der Waals surface area contributed by atoms with Crippen LogP contribution in [0.1, 0.15) is 47.2 Å². The predicted molar refractivity (Wildman–Crippen MR) is 178 cm³/mol. The number of fused-ring (bicyclic) bond motifs is 2. The van der Waals surface area contributed by atoms with Crippen LogP contribution in [-0.2, 0) is 30.4 Å². The SMILES string of the molecule is C=Cc1cc(-c2cnc(C)nc2)cc2c(C(C)=O)nn(CC(=O)N3[C@H](C(=O)Nc4nc(Br)ccc4C)C[C@@]4(COS(C)(=O)=O)C[C@@H]34)c12. The number of amides is 2. The third-order valence-electron chi connectivity index (χ3n) is 8.70. The van der Waals surface area contributed by atoms with E-state index in [-0.39, 0.29) is 31.0 Å². The summed E-state index contributed by atoms with van der Waals surface area (Å²) in [5.74, 6) is -0.201. The number of nitrogens with one attached hydrogen (secondary N) is 1. The highest BCUT2D eigenvalue weighted by Crippen LogP contribution is 2.60. The molecule has 0 unspecified atom stereocenters. The van der Waals surface area contributed by atoms with E-state index in [4.69, 9.17) is 4.18 Å². The maximum absolute atomic E-state index is 14.2. The Hall–Kier alpha value is -4.34. The Kier molecular flexibility index (Phi) is 8.34. The molecule has 3 atom stereocenters. The molecule has 1 saturated carbocycles. The number of carbonyl (C=O) groups excluding carboxylic acids is 3. The smallest absolute Gasteiger partial charge is 0.264 e. The van der Waals surface area contributed by atoms with Crippen molar-refractivity contribution >= 4 is 66.4 Å². The van der Waals surface area contributed by atoms with Crippen LogP contribution < -0.4 is 5.32 Å². The van der Waals surface area contributed by atoms with Gasteiger partial charge in [0.25, 0.3) is 10.1 Å². The van der Waals surface area contributed by atoms with E-state index in [2.05, 4.69) is 47.9 Å². The van der Waals surface area contributed by atoms with Gasteiger partial charge in [0.2, 0.25) is 11.8 Å². The fourth-order valence-corrected chi connectivity index (χ4v) is 7.03. The molecule has 47 heavy (non-hydrogen) atoms. The Labute approximate surface area is 279 Å². The lowest BCUT2D eigenvalue weighted by Gasteiger charge is -2.27. The molecule has 1 aliphatic heterocycles.